The highest BCUT2D eigenvalue weighted by atomic mass is 16.3. The van der Waals surface area contributed by atoms with Crippen LogP contribution in [0.1, 0.15) is 31.9 Å². The van der Waals surface area contributed by atoms with Crippen LogP contribution in [0.15, 0.2) is 18.3 Å². The monoisotopic (exact) mass is 236 g/mol. The van der Waals surface area contributed by atoms with Gasteiger partial charge in [0.05, 0.1) is 12.2 Å². The summed E-state index contributed by atoms with van der Waals surface area (Å²) in [5.74, 6) is 1.16. The molecule has 4 nitrogen and oxygen atoms in total. The van der Waals surface area contributed by atoms with Crippen LogP contribution >= 0.6 is 0 Å². The molecule has 1 aromatic heterocycles. The predicted molar refractivity (Wildman–Crippen MR) is 66.9 cm³/mol. The van der Waals surface area contributed by atoms with Gasteiger partial charge in [-0.15, -0.1) is 0 Å². The van der Waals surface area contributed by atoms with E-state index in [1.54, 1.807) is 13.1 Å². The first kappa shape index (κ1) is 12.3. The van der Waals surface area contributed by atoms with Crippen molar-refractivity contribution in [2.45, 2.75) is 32.5 Å². The number of anilines is 1. The highest BCUT2D eigenvalue weighted by molar-refractivity contribution is 5.48. The molecule has 0 aromatic carbocycles. The van der Waals surface area contributed by atoms with E-state index in [1.807, 2.05) is 19.1 Å². The maximum absolute atomic E-state index is 9.72. The van der Waals surface area contributed by atoms with Gasteiger partial charge in [0.1, 0.15) is 5.82 Å². The smallest absolute Gasteiger partial charge is 0.134 e. The molecule has 17 heavy (non-hydrogen) atoms. The Hall–Kier alpha value is -1.13. The summed E-state index contributed by atoms with van der Waals surface area (Å²) in [7, 11) is 0. The molecule has 0 radical (unpaired) electrons. The van der Waals surface area contributed by atoms with Crippen LogP contribution in [-0.2, 0) is 0 Å². The van der Waals surface area contributed by atoms with Gasteiger partial charge in [-0.2, -0.15) is 0 Å². The second-order valence-electron chi connectivity index (χ2n) is 4.83. The highest BCUT2D eigenvalue weighted by Gasteiger charge is 2.28. The minimum Gasteiger partial charge on any atom is -0.393 e. The van der Waals surface area contributed by atoms with Gasteiger partial charge >= 0.3 is 0 Å². The van der Waals surface area contributed by atoms with Crippen molar-refractivity contribution in [2.75, 3.05) is 18.0 Å². The third kappa shape index (κ3) is 2.58. The van der Waals surface area contributed by atoms with Crippen LogP contribution in [0.2, 0.25) is 0 Å². The van der Waals surface area contributed by atoms with Gasteiger partial charge in [0.25, 0.3) is 0 Å². The van der Waals surface area contributed by atoms with Gasteiger partial charge in [-0.25, -0.2) is 4.98 Å². The Morgan fingerprint density at radius 1 is 1.41 bits per heavy atom. The predicted octanol–water partition coefficient (Wildman–Crippen LogP) is 1.34. The topological polar surface area (TPSA) is 56.6 Å². The molecule has 1 aliphatic rings. The molecule has 0 aliphatic carbocycles. The highest BCUT2D eigenvalue weighted by Crippen LogP contribution is 2.29. The van der Waals surface area contributed by atoms with Crippen molar-refractivity contribution in [3.63, 3.8) is 0 Å². The number of nitrogens with zero attached hydrogens (tertiary/aromatic N) is 2. The van der Waals surface area contributed by atoms with Crippen molar-refractivity contribution in [2.24, 2.45) is 5.92 Å². The van der Waals surface area contributed by atoms with Crippen molar-refractivity contribution < 1.29 is 10.2 Å². The van der Waals surface area contributed by atoms with E-state index in [-0.39, 0.29) is 6.10 Å². The molecule has 0 spiro atoms. The quantitative estimate of drug-likeness (QED) is 0.831. The zero-order chi connectivity index (χ0) is 12.4. The van der Waals surface area contributed by atoms with E-state index >= 15 is 0 Å². The Morgan fingerprint density at radius 2 is 2.18 bits per heavy atom. The third-order valence-corrected chi connectivity index (χ3v) is 3.47. The van der Waals surface area contributed by atoms with Crippen LogP contribution in [0.5, 0.6) is 0 Å². The van der Waals surface area contributed by atoms with E-state index in [2.05, 4.69) is 9.88 Å². The van der Waals surface area contributed by atoms with Crippen LogP contribution in [0.4, 0.5) is 5.82 Å². The van der Waals surface area contributed by atoms with Gasteiger partial charge in [-0.05, 0) is 26.3 Å². The number of pyridine rings is 1. The molecule has 1 aromatic rings. The molecule has 0 amide bonds. The minimum atomic E-state index is -0.510. The first-order chi connectivity index (χ1) is 8.09. The Bertz CT molecular complexity index is 379. The summed E-state index contributed by atoms with van der Waals surface area (Å²) in [6, 6.07) is 3.75. The summed E-state index contributed by atoms with van der Waals surface area (Å²) in [4.78, 5) is 6.51. The van der Waals surface area contributed by atoms with E-state index in [1.165, 1.54) is 0 Å². The lowest BCUT2D eigenvalue weighted by Gasteiger charge is -2.22. The molecule has 0 bridgehead atoms. The molecule has 4 heteroatoms. The number of hydrogen-bond donors (Lipinski definition) is 2. The SMILES string of the molecule is CC(O)C1CCN(c2ncccc2[C@@H](C)O)C1. The number of rotatable bonds is 3. The lowest BCUT2D eigenvalue weighted by Crippen LogP contribution is -2.25. The Kier molecular flexibility index (Phi) is 3.64. The van der Waals surface area contributed by atoms with Gasteiger partial charge in [0, 0.05) is 30.8 Å². The van der Waals surface area contributed by atoms with Crippen LogP contribution in [0.25, 0.3) is 0 Å². The van der Waals surface area contributed by atoms with Gasteiger partial charge < -0.3 is 15.1 Å². The maximum atomic E-state index is 9.72. The summed E-state index contributed by atoms with van der Waals surface area (Å²) in [5.41, 5.74) is 0.860. The molecule has 2 N–H and O–H groups in total. The molecule has 0 saturated carbocycles. The average Bonchev–Trinajstić information content (AvgIpc) is 2.78. The Balaban J connectivity index is 2.18. The van der Waals surface area contributed by atoms with Crippen molar-refractivity contribution >= 4 is 5.82 Å². The molecule has 1 fully saturated rings. The number of aliphatic hydroxyl groups is 2. The van der Waals surface area contributed by atoms with Crippen molar-refractivity contribution in [1.82, 2.24) is 4.98 Å². The second kappa shape index (κ2) is 5.02. The summed E-state index contributed by atoms with van der Waals surface area (Å²) < 4.78 is 0. The molecule has 94 valence electrons. The van der Waals surface area contributed by atoms with E-state index in [0.29, 0.717) is 5.92 Å². The normalized spacial score (nSPS) is 23.8. The zero-order valence-electron chi connectivity index (χ0n) is 10.4. The van der Waals surface area contributed by atoms with Gasteiger partial charge in [0.2, 0.25) is 0 Å². The number of hydrogen-bond acceptors (Lipinski definition) is 4. The average molecular weight is 236 g/mol. The number of aliphatic hydroxyl groups excluding tert-OH is 2. The van der Waals surface area contributed by atoms with Crippen molar-refractivity contribution in [1.29, 1.82) is 0 Å². The molecule has 2 heterocycles. The molecular formula is C13H20N2O2. The fourth-order valence-corrected chi connectivity index (χ4v) is 2.37. The van der Waals surface area contributed by atoms with Crippen LogP contribution < -0.4 is 4.90 Å². The maximum Gasteiger partial charge on any atom is 0.134 e. The van der Waals surface area contributed by atoms with E-state index in [0.717, 1.165) is 30.9 Å². The van der Waals surface area contributed by atoms with Crippen LogP contribution in [0.3, 0.4) is 0 Å². The van der Waals surface area contributed by atoms with E-state index in [4.69, 9.17) is 0 Å². The van der Waals surface area contributed by atoms with Gasteiger partial charge in [-0.1, -0.05) is 6.07 Å². The molecule has 3 atom stereocenters. The van der Waals surface area contributed by atoms with E-state index < -0.39 is 6.10 Å². The molecule has 1 aliphatic heterocycles. The van der Waals surface area contributed by atoms with Gasteiger partial charge in [0.15, 0.2) is 0 Å². The molecule has 2 unspecified atom stereocenters. The summed E-state index contributed by atoms with van der Waals surface area (Å²) in [6.45, 7) is 5.30. The first-order valence-corrected chi connectivity index (χ1v) is 6.15. The molecule has 2 rings (SSSR count). The fourth-order valence-electron chi connectivity index (χ4n) is 2.37. The Labute approximate surface area is 102 Å². The summed E-state index contributed by atoms with van der Waals surface area (Å²) in [6.07, 6.45) is 1.94. The van der Waals surface area contributed by atoms with E-state index in [9.17, 15) is 10.2 Å². The lowest BCUT2D eigenvalue weighted by molar-refractivity contribution is 0.136. The minimum absolute atomic E-state index is 0.279. The molecular weight excluding hydrogens is 216 g/mol. The lowest BCUT2D eigenvalue weighted by atomic mass is 10.0. The van der Waals surface area contributed by atoms with Crippen LogP contribution in [-0.4, -0.2) is 34.4 Å². The van der Waals surface area contributed by atoms with Gasteiger partial charge in [-0.3, -0.25) is 0 Å². The van der Waals surface area contributed by atoms with Crippen molar-refractivity contribution in [3.8, 4) is 0 Å². The Morgan fingerprint density at radius 3 is 2.76 bits per heavy atom. The number of aromatic nitrogens is 1. The standard InChI is InChI=1S/C13H20N2O2/c1-9(16)11-5-7-15(8-11)13-12(10(2)17)4-3-6-14-13/h3-4,6,9-11,16-17H,5,7-8H2,1-2H3/t9?,10-,11?/m1/s1. The fraction of sp³-hybridized carbons (Fsp3) is 0.615. The second-order valence-corrected chi connectivity index (χ2v) is 4.83. The first-order valence-electron chi connectivity index (χ1n) is 6.15. The summed E-state index contributed by atoms with van der Waals surface area (Å²) >= 11 is 0. The van der Waals surface area contributed by atoms with Crippen molar-refractivity contribution in [3.05, 3.63) is 23.9 Å². The molecule has 1 saturated heterocycles. The summed E-state index contributed by atoms with van der Waals surface area (Å²) in [5, 5.41) is 19.3. The largest absolute Gasteiger partial charge is 0.393 e. The third-order valence-electron chi connectivity index (χ3n) is 3.47. The zero-order valence-corrected chi connectivity index (χ0v) is 10.4. The van der Waals surface area contributed by atoms with Crippen LogP contribution in [0, 0.1) is 5.92 Å².